The minimum atomic E-state index is -0.247. The summed E-state index contributed by atoms with van der Waals surface area (Å²) in [5.41, 5.74) is 1.51. The average Bonchev–Trinajstić information content (AvgIpc) is 3.25. The number of hydrogen-bond donors (Lipinski definition) is 3. The summed E-state index contributed by atoms with van der Waals surface area (Å²) in [6.07, 6.45) is 2.02. The van der Waals surface area contributed by atoms with E-state index in [9.17, 15) is 4.79 Å². The number of nitrogens with zero attached hydrogens (tertiary/aromatic N) is 5. The number of aliphatic imine (C=N–C) groups is 2. The molecule has 0 aliphatic carbocycles. The normalized spacial score (nSPS) is 19.2. The molecule has 33 heavy (non-hydrogen) atoms. The Labute approximate surface area is 202 Å². The van der Waals surface area contributed by atoms with E-state index in [0.717, 1.165) is 43.4 Å². The van der Waals surface area contributed by atoms with Gasteiger partial charge in [0.2, 0.25) is 0 Å². The van der Waals surface area contributed by atoms with Crippen LogP contribution in [0.1, 0.15) is 28.6 Å². The first-order chi connectivity index (χ1) is 15.9. The van der Waals surface area contributed by atoms with Crippen LogP contribution in [0.2, 0.25) is 5.02 Å². The molecule has 3 N–H and O–H groups in total. The molecule has 1 fully saturated rings. The van der Waals surface area contributed by atoms with E-state index in [4.69, 9.17) is 16.7 Å². The third-order valence-electron chi connectivity index (χ3n) is 5.64. The third-order valence-corrected chi connectivity index (χ3v) is 6.89. The van der Waals surface area contributed by atoms with Crippen LogP contribution in [-0.2, 0) is 0 Å². The molecule has 0 spiro atoms. The molecule has 3 heterocycles. The van der Waals surface area contributed by atoms with E-state index < -0.39 is 0 Å². The smallest absolute Gasteiger partial charge is 0.267 e. The Morgan fingerprint density at radius 1 is 1.27 bits per heavy atom. The molecule has 0 radical (unpaired) electrons. The van der Waals surface area contributed by atoms with Gasteiger partial charge in [0.15, 0.2) is 5.13 Å². The van der Waals surface area contributed by atoms with E-state index in [0.29, 0.717) is 33.7 Å². The van der Waals surface area contributed by atoms with E-state index in [1.807, 2.05) is 26.0 Å². The molecule has 4 rings (SSSR count). The van der Waals surface area contributed by atoms with E-state index in [1.165, 1.54) is 11.3 Å². The van der Waals surface area contributed by atoms with Crippen molar-refractivity contribution in [1.82, 2.24) is 14.8 Å². The number of aliphatic hydroxyl groups is 1. The number of hydrogen-bond acceptors (Lipinski definition) is 9. The number of aryl methyl sites for hydroxylation is 1. The van der Waals surface area contributed by atoms with Crippen LogP contribution < -0.4 is 10.6 Å². The van der Waals surface area contributed by atoms with Crippen molar-refractivity contribution in [3.05, 3.63) is 39.9 Å². The average molecular weight is 490 g/mol. The predicted octanol–water partition coefficient (Wildman–Crippen LogP) is 2.93. The van der Waals surface area contributed by atoms with E-state index in [1.54, 1.807) is 12.3 Å². The first kappa shape index (κ1) is 23.6. The van der Waals surface area contributed by atoms with Crippen LogP contribution in [0.15, 0.2) is 34.4 Å². The molecule has 2 aromatic rings. The minimum absolute atomic E-state index is 0.185. The molecule has 0 saturated carbocycles. The second-order valence-corrected chi connectivity index (χ2v) is 9.47. The molecule has 1 amide bonds. The highest BCUT2D eigenvalue weighted by Crippen LogP contribution is 2.27. The van der Waals surface area contributed by atoms with Crippen molar-refractivity contribution in [2.75, 3.05) is 50.0 Å². The van der Waals surface area contributed by atoms with Crippen LogP contribution in [0.4, 0.5) is 10.8 Å². The zero-order valence-electron chi connectivity index (χ0n) is 18.7. The lowest BCUT2D eigenvalue weighted by Gasteiger charge is -2.37. The number of anilines is 2. The maximum Gasteiger partial charge on any atom is 0.267 e. The van der Waals surface area contributed by atoms with Gasteiger partial charge in [0.05, 0.1) is 23.5 Å². The van der Waals surface area contributed by atoms with Crippen molar-refractivity contribution in [3.63, 3.8) is 0 Å². The van der Waals surface area contributed by atoms with Gasteiger partial charge in [-0.15, -0.1) is 0 Å². The van der Waals surface area contributed by atoms with Gasteiger partial charge in [-0.3, -0.25) is 9.69 Å². The Kier molecular flexibility index (Phi) is 7.59. The van der Waals surface area contributed by atoms with Crippen LogP contribution in [0.3, 0.4) is 0 Å². The SMILES string of the molecule is CC1=NC(Nc2ncc(C(=O)Nc3c(C)cccc3Cl)s2)CC(N2CCN(CCO)CC2)=N1. The summed E-state index contributed by atoms with van der Waals surface area (Å²) in [5, 5.41) is 16.5. The first-order valence-electron chi connectivity index (χ1n) is 10.9. The number of benzene rings is 1. The fourth-order valence-corrected chi connectivity index (χ4v) is 4.94. The number of thiazole rings is 1. The number of carbonyl (C=O) groups is 1. The minimum Gasteiger partial charge on any atom is -0.395 e. The predicted molar refractivity (Wildman–Crippen MR) is 134 cm³/mol. The molecule has 9 nitrogen and oxygen atoms in total. The van der Waals surface area contributed by atoms with E-state index in [2.05, 4.69) is 35.4 Å². The van der Waals surface area contributed by atoms with Gasteiger partial charge in [0.25, 0.3) is 5.91 Å². The largest absolute Gasteiger partial charge is 0.395 e. The number of aromatic nitrogens is 1. The van der Waals surface area contributed by atoms with Crippen LogP contribution in [-0.4, -0.2) is 83.0 Å². The molecule has 0 bridgehead atoms. The Bertz CT molecular complexity index is 1040. The Balaban J connectivity index is 1.36. The van der Waals surface area contributed by atoms with Gasteiger partial charge in [-0.2, -0.15) is 0 Å². The quantitative estimate of drug-likeness (QED) is 0.576. The number of halogens is 1. The lowest BCUT2D eigenvalue weighted by atomic mass is 10.2. The van der Waals surface area contributed by atoms with Gasteiger partial charge < -0.3 is 20.6 Å². The van der Waals surface area contributed by atoms with Gasteiger partial charge >= 0.3 is 0 Å². The zero-order valence-corrected chi connectivity index (χ0v) is 20.3. The zero-order chi connectivity index (χ0) is 23.4. The van der Waals surface area contributed by atoms with Gasteiger partial charge in [-0.1, -0.05) is 35.1 Å². The monoisotopic (exact) mass is 489 g/mol. The number of carbonyl (C=O) groups excluding carboxylic acids is 1. The van der Waals surface area contributed by atoms with Crippen LogP contribution in [0, 0.1) is 6.92 Å². The highest BCUT2D eigenvalue weighted by atomic mass is 35.5. The maximum atomic E-state index is 12.7. The fourth-order valence-electron chi connectivity index (χ4n) is 3.91. The molecule has 11 heteroatoms. The summed E-state index contributed by atoms with van der Waals surface area (Å²) < 4.78 is 0. The van der Waals surface area contributed by atoms with E-state index >= 15 is 0 Å². The molecule has 1 aromatic heterocycles. The summed E-state index contributed by atoms with van der Waals surface area (Å²) in [6, 6.07) is 5.50. The molecule has 176 valence electrons. The van der Waals surface area contributed by atoms with Crippen molar-refractivity contribution in [3.8, 4) is 0 Å². The Hall–Kier alpha value is -2.53. The molecule has 2 aliphatic rings. The molecule has 1 unspecified atom stereocenters. The number of amides is 1. The second-order valence-electron chi connectivity index (χ2n) is 8.04. The van der Waals surface area contributed by atoms with Gasteiger partial charge in [0.1, 0.15) is 22.7 Å². The lowest BCUT2D eigenvalue weighted by molar-refractivity contribution is 0.103. The summed E-state index contributed by atoms with van der Waals surface area (Å²) in [4.78, 5) is 31.4. The first-order valence-corrected chi connectivity index (χ1v) is 12.1. The van der Waals surface area contributed by atoms with Gasteiger partial charge in [-0.05, 0) is 25.5 Å². The molecular weight excluding hydrogens is 462 g/mol. The number of amidine groups is 2. The summed E-state index contributed by atoms with van der Waals surface area (Å²) in [7, 11) is 0. The van der Waals surface area contributed by atoms with Crippen molar-refractivity contribution >= 4 is 51.3 Å². The molecule has 1 atom stereocenters. The summed E-state index contributed by atoms with van der Waals surface area (Å²) >= 11 is 7.51. The number of piperazine rings is 1. The number of aliphatic hydroxyl groups excluding tert-OH is 1. The highest BCUT2D eigenvalue weighted by molar-refractivity contribution is 7.17. The topological polar surface area (TPSA) is 105 Å². The number of para-hydroxylation sites is 1. The number of β-amino-alcohol motifs (C(OH)–C–C–N with tert-alkyl or cyclic N) is 1. The Morgan fingerprint density at radius 3 is 2.79 bits per heavy atom. The van der Waals surface area contributed by atoms with Crippen molar-refractivity contribution in [1.29, 1.82) is 0 Å². The highest BCUT2D eigenvalue weighted by Gasteiger charge is 2.25. The second kappa shape index (κ2) is 10.6. The van der Waals surface area contributed by atoms with Crippen molar-refractivity contribution in [2.24, 2.45) is 9.98 Å². The fraction of sp³-hybridized carbons (Fsp3) is 0.455. The van der Waals surface area contributed by atoms with Crippen molar-refractivity contribution < 1.29 is 9.90 Å². The number of nitrogens with one attached hydrogen (secondary N) is 2. The molecular formula is C22H28ClN7O2S. The van der Waals surface area contributed by atoms with Crippen molar-refractivity contribution in [2.45, 2.75) is 26.4 Å². The lowest BCUT2D eigenvalue weighted by Crippen LogP contribution is -2.50. The maximum absolute atomic E-state index is 12.7. The van der Waals surface area contributed by atoms with Gasteiger partial charge in [0, 0.05) is 39.1 Å². The van der Waals surface area contributed by atoms with Crippen LogP contribution in [0.25, 0.3) is 0 Å². The molecule has 1 saturated heterocycles. The molecule has 1 aromatic carbocycles. The summed E-state index contributed by atoms with van der Waals surface area (Å²) in [6.45, 7) is 8.25. The molecule has 2 aliphatic heterocycles. The summed E-state index contributed by atoms with van der Waals surface area (Å²) in [5.74, 6) is 1.48. The van der Waals surface area contributed by atoms with Crippen LogP contribution in [0.5, 0.6) is 0 Å². The standard InChI is InChI=1S/C22H28ClN7O2S/c1-14-4-3-5-16(23)20(14)28-21(32)17-13-24-22(33-17)27-18-12-19(26-15(2)25-18)30-8-6-29(7-9-30)10-11-31/h3-5,13,18,31H,6-12H2,1-2H3,(H,24,27)(H,28,32). The third kappa shape index (κ3) is 5.89. The van der Waals surface area contributed by atoms with Gasteiger partial charge in [-0.25, -0.2) is 15.0 Å². The van der Waals surface area contributed by atoms with Crippen LogP contribution >= 0.6 is 22.9 Å². The van der Waals surface area contributed by atoms with E-state index in [-0.39, 0.29) is 18.7 Å². The number of rotatable bonds is 6. The Morgan fingerprint density at radius 2 is 2.06 bits per heavy atom.